The first-order valence-corrected chi connectivity index (χ1v) is 7.60. The quantitative estimate of drug-likeness (QED) is 0.495. The van der Waals surface area contributed by atoms with E-state index in [0.717, 1.165) is 16.9 Å². The first-order valence-electron chi connectivity index (χ1n) is 7.60. The van der Waals surface area contributed by atoms with Gasteiger partial charge in [0.05, 0.1) is 11.4 Å². The molecule has 0 saturated heterocycles. The van der Waals surface area contributed by atoms with E-state index < -0.39 is 5.82 Å². The maximum absolute atomic E-state index is 13.4. The highest BCUT2D eigenvalue weighted by Crippen LogP contribution is 2.25. The van der Waals surface area contributed by atoms with Gasteiger partial charge in [0.15, 0.2) is 17.4 Å². The number of nitrogens with one attached hydrogen (secondary N) is 2. The Labute approximate surface area is 142 Å². The topological polar surface area (TPSA) is 78.8 Å². The second-order valence-electron chi connectivity index (χ2n) is 5.46. The number of aromatic hydroxyl groups is 1. The van der Waals surface area contributed by atoms with Gasteiger partial charge < -0.3 is 10.4 Å². The van der Waals surface area contributed by atoms with Crippen molar-refractivity contribution in [3.05, 3.63) is 72.8 Å². The SMILES string of the molecule is Oc1ccc(Nc2cc(-c3ccc(-n4cccn4)cc3)[nH]n2)cc1F. The number of aromatic nitrogens is 4. The lowest BCUT2D eigenvalue weighted by atomic mass is 10.1. The van der Waals surface area contributed by atoms with Gasteiger partial charge in [-0.05, 0) is 35.9 Å². The molecule has 7 heteroatoms. The second-order valence-corrected chi connectivity index (χ2v) is 5.46. The van der Waals surface area contributed by atoms with Crippen LogP contribution in [-0.2, 0) is 0 Å². The Morgan fingerprint density at radius 1 is 1.08 bits per heavy atom. The van der Waals surface area contributed by atoms with Crippen molar-refractivity contribution in [2.45, 2.75) is 0 Å². The molecule has 2 aromatic heterocycles. The van der Waals surface area contributed by atoms with E-state index in [1.807, 2.05) is 42.6 Å². The third-order valence-electron chi connectivity index (χ3n) is 3.75. The molecule has 0 aliphatic carbocycles. The van der Waals surface area contributed by atoms with Crippen molar-refractivity contribution in [3.8, 4) is 22.7 Å². The number of hydrogen-bond donors (Lipinski definition) is 3. The van der Waals surface area contributed by atoms with E-state index in [-0.39, 0.29) is 5.75 Å². The van der Waals surface area contributed by atoms with Gasteiger partial charge in [-0.15, -0.1) is 0 Å². The fourth-order valence-corrected chi connectivity index (χ4v) is 2.48. The van der Waals surface area contributed by atoms with Crippen LogP contribution in [0.1, 0.15) is 0 Å². The largest absolute Gasteiger partial charge is 0.505 e. The summed E-state index contributed by atoms with van der Waals surface area (Å²) in [5, 5.41) is 23.5. The Balaban J connectivity index is 1.53. The van der Waals surface area contributed by atoms with Crippen LogP contribution in [0.4, 0.5) is 15.9 Å². The number of halogens is 1. The minimum Gasteiger partial charge on any atom is -0.505 e. The molecule has 25 heavy (non-hydrogen) atoms. The molecule has 4 rings (SSSR count). The van der Waals surface area contributed by atoms with Crippen molar-refractivity contribution in [2.75, 3.05) is 5.32 Å². The zero-order valence-electron chi connectivity index (χ0n) is 13.0. The molecule has 0 fully saturated rings. The Bertz CT molecular complexity index is 993. The van der Waals surface area contributed by atoms with E-state index in [0.29, 0.717) is 11.5 Å². The monoisotopic (exact) mass is 335 g/mol. The number of aromatic amines is 1. The van der Waals surface area contributed by atoms with Crippen LogP contribution in [0, 0.1) is 5.82 Å². The summed E-state index contributed by atoms with van der Waals surface area (Å²) in [4.78, 5) is 0. The number of phenols is 1. The number of benzene rings is 2. The maximum Gasteiger partial charge on any atom is 0.166 e. The van der Waals surface area contributed by atoms with Gasteiger partial charge >= 0.3 is 0 Å². The highest BCUT2D eigenvalue weighted by molar-refractivity contribution is 5.67. The van der Waals surface area contributed by atoms with Gasteiger partial charge in [-0.25, -0.2) is 9.07 Å². The average Bonchev–Trinajstić information content (AvgIpc) is 3.30. The summed E-state index contributed by atoms with van der Waals surface area (Å²) in [6.07, 6.45) is 3.61. The Morgan fingerprint density at radius 3 is 2.64 bits per heavy atom. The Kier molecular flexibility index (Phi) is 3.66. The number of H-pyrrole nitrogens is 1. The lowest BCUT2D eigenvalue weighted by Gasteiger charge is -2.03. The summed E-state index contributed by atoms with van der Waals surface area (Å²) in [5.74, 6) is -0.517. The summed E-state index contributed by atoms with van der Waals surface area (Å²) in [6, 6.07) is 15.6. The van der Waals surface area contributed by atoms with Gasteiger partial charge in [-0.2, -0.15) is 10.2 Å². The minimum absolute atomic E-state index is 0.384. The zero-order valence-corrected chi connectivity index (χ0v) is 13.0. The summed E-state index contributed by atoms with van der Waals surface area (Å²) in [7, 11) is 0. The van der Waals surface area contributed by atoms with Crippen LogP contribution in [-0.4, -0.2) is 25.1 Å². The third kappa shape index (κ3) is 3.07. The first-order chi connectivity index (χ1) is 12.2. The van der Waals surface area contributed by atoms with Gasteiger partial charge in [0.1, 0.15) is 0 Å². The molecule has 0 atom stereocenters. The molecule has 0 spiro atoms. The van der Waals surface area contributed by atoms with Crippen molar-refractivity contribution < 1.29 is 9.50 Å². The number of anilines is 2. The van der Waals surface area contributed by atoms with Crippen molar-refractivity contribution in [1.29, 1.82) is 0 Å². The van der Waals surface area contributed by atoms with Crippen LogP contribution in [0.2, 0.25) is 0 Å². The van der Waals surface area contributed by atoms with Crippen LogP contribution >= 0.6 is 0 Å². The van der Waals surface area contributed by atoms with E-state index in [1.165, 1.54) is 12.1 Å². The van der Waals surface area contributed by atoms with Crippen LogP contribution in [0.5, 0.6) is 5.75 Å². The minimum atomic E-state index is -0.685. The molecule has 0 saturated carbocycles. The molecule has 0 aliphatic heterocycles. The molecule has 124 valence electrons. The molecular formula is C18H14FN5O. The second kappa shape index (κ2) is 6.12. The van der Waals surface area contributed by atoms with Crippen LogP contribution in [0.25, 0.3) is 16.9 Å². The molecule has 0 unspecified atom stereocenters. The van der Waals surface area contributed by atoms with E-state index >= 15 is 0 Å². The zero-order chi connectivity index (χ0) is 17.2. The highest BCUT2D eigenvalue weighted by Gasteiger charge is 2.07. The molecule has 3 N–H and O–H groups in total. The Morgan fingerprint density at radius 2 is 1.92 bits per heavy atom. The van der Waals surface area contributed by atoms with Crippen molar-refractivity contribution in [1.82, 2.24) is 20.0 Å². The van der Waals surface area contributed by atoms with Crippen LogP contribution in [0.3, 0.4) is 0 Å². The molecule has 0 bridgehead atoms. The van der Waals surface area contributed by atoms with Gasteiger partial charge in [-0.3, -0.25) is 5.10 Å². The molecule has 2 aromatic carbocycles. The van der Waals surface area contributed by atoms with Crippen molar-refractivity contribution in [2.24, 2.45) is 0 Å². The molecule has 0 amide bonds. The van der Waals surface area contributed by atoms with E-state index in [9.17, 15) is 9.50 Å². The molecule has 2 heterocycles. The molecule has 6 nitrogen and oxygen atoms in total. The molecule has 0 radical (unpaired) electrons. The van der Waals surface area contributed by atoms with Crippen LogP contribution < -0.4 is 5.32 Å². The lowest BCUT2D eigenvalue weighted by molar-refractivity contribution is 0.432. The third-order valence-corrected chi connectivity index (χ3v) is 3.75. The molecular weight excluding hydrogens is 321 g/mol. The maximum atomic E-state index is 13.4. The van der Waals surface area contributed by atoms with Gasteiger partial charge in [0.25, 0.3) is 0 Å². The molecule has 4 aromatic rings. The number of nitrogens with zero attached hydrogens (tertiary/aromatic N) is 3. The van der Waals surface area contributed by atoms with Crippen molar-refractivity contribution in [3.63, 3.8) is 0 Å². The van der Waals surface area contributed by atoms with Gasteiger partial charge in [0, 0.05) is 30.2 Å². The lowest BCUT2D eigenvalue weighted by Crippen LogP contribution is -1.93. The summed E-state index contributed by atoms with van der Waals surface area (Å²) < 4.78 is 15.2. The first kappa shape index (κ1) is 14.9. The number of hydrogen-bond acceptors (Lipinski definition) is 4. The van der Waals surface area contributed by atoms with Crippen molar-refractivity contribution >= 4 is 11.5 Å². The fourth-order valence-electron chi connectivity index (χ4n) is 2.48. The fraction of sp³-hybridized carbons (Fsp3) is 0. The highest BCUT2D eigenvalue weighted by atomic mass is 19.1. The average molecular weight is 335 g/mol. The smallest absolute Gasteiger partial charge is 0.166 e. The molecule has 0 aliphatic rings. The standard InChI is InChI=1S/C18H14FN5O/c19-15-10-13(4-7-17(15)25)21-18-11-16(22-23-18)12-2-5-14(6-3-12)24-9-1-8-20-24/h1-11,25H,(H2,21,22,23). The predicted octanol–water partition coefficient (Wildman–Crippen LogP) is 3.85. The summed E-state index contributed by atoms with van der Waals surface area (Å²) in [6.45, 7) is 0. The Hall–Kier alpha value is -3.61. The summed E-state index contributed by atoms with van der Waals surface area (Å²) in [5.41, 5.74) is 3.26. The van der Waals surface area contributed by atoms with Gasteiger partial charge in [-0.1, -0.05) is 12.1 Å². The normalized spacial score (nSPS) is 10.8. The van der Waals surface area contributed by atoms with E-state index in [4.69, 9.17) is 0 Å². The number of rotatable bonds is 4. The summed E-state index contributed by atoms with van der Waals surface area (Å²) >= 11 is 0. The van der Waals surface area contributed by atoms with E-state index in [2.05, 4.69) is 20.6 Å². The number of phenolic OH excluding ortho intramolecular Hbond substituents is 1. The van der Waals surface area contributed by atoms with Crippen LogP contribution in [0.15, 0.2) is 67.0 Å². The van der Waals surface area contributed by atoms with Gasteiger partial charge in [0.2, 0.25) is 0 Å². The predicted molar refractivity (Wildman–Crippen MR) is 92.5 cm³/mol. The van der Waals surface area contributed by atoms with E-state index in [1.54, 1.807) is 16.9 Å².